The Kier molecular flexibility index (Phi) is 7.08. The standard InChI is InChI=1S/C27H28N6O3S/c34-25(27(13-14-27)21-9-2-1-3-10-21)29-15-5-4-8-20-19-30-26-32-22-11-6-12-23(18-22)37(35,36)31-17-7-16-28-24(20)33-26/h1-3,6,9-12,18-19,31H,5,7,13-17H2,(H,29,34)(H2,28,30,32,33). The molecule has 1 fully saturated rings. The summed E-state index contributed by atoms with van der Waals surface area (Å²) in [6.07, 6.45) is 4.43. The first kappa shape index (κ1) is 24.7. The Bertz CT molecular complexity index is 1460. The van der Waals surface area contributed by atoms with E-state index in [9.17, 15) is 13.2 Å². The van der Waals surface area contributed by atoms with Gasteiger partial charge in [0.2, 0.25) is 21.9 Å². The molecule has 1 aliphatic carbocycles. The van der Waals surface area contributed by atoms with Crippen LogP contribution in [0.15, 0.2) is 65.7 Å². The molecule has 0 unspecified atom stereocenters. The molecule has 4 N–H and O–H groups in total. The van der Waals surface area contributed by atoms with Crippen LogP contribution in [-0.4, -0.2) is 43.9 Å². The Morgan fingerprint density at radius 2 is 1.92 bits per heavy atom. The molecule has 190 valence electrons. The maximum absolute atomic E-state index is 12.8. The summed E-state index contributed by atoms with van der Waals surface area (Å²) in [5.74, 6) is 7.15. The molecule has 3 aromatic rings. The van der Waals surface area contributed by atoms with Crippen LogP contribution >= 0.6 is 0 Å². The molecular formula is C27H28N6O3S. The van der Waals surface area contributed by atoms with Gasteiger partial charge in [-0.2, -0.15) is 4.98 Å². The van der Waals surface area contributed by atoms with Crippen LogP contribution in [0.2, 0.25) is 0 Å². The van der Waals surface area contributed by atoms with Crippen molar-refractivity contribution in [2.75, 3.05) is 30.3 Å². The molecule has 1 saturated carbocycles. The lowest BCUT2D eigenvalue weighted by atomic mass is 9.95. The van der Waals surface area contributed by atoms with Crippen LogP contribution < -0.4 is 20.7 Å². The van der Waals surface area contributed by atoms with E-state index >= 15 is 0 Å². The zero-order valence-electron chi connectivity index (χ0n) is 20.3. The van der Waals surface area contributed by atoms with Crippen molar-refractivity contribution < 1.29 is 13.2 Å². The van der Waals surface area contributed by atoms with Crippen molar-refractivity contribution in [2.24, 2.45) is 0 Å². The predicted molar refractivity (Wildman–Crippen MR) is 142 cm³/mol. The number of anilines is 3. The summed E-state index contributed by atoms with van der Waals surface area (Å²) >= 11 is 0. The Morgan fingerprint density at radius 3 is 2.73 bits per heavy atom. The van der Waals surface area contributed by atoms with Gasteiger partial charge in [-0.05, 0) is 43.0 Å². The third kappa shape index (κ3) is 5.74. The average Bonchev–Trinajstić information content (AvgIpc) is 3.72. The number of amides is 1. The van der Waals surface area contributed by atoms with Crippen molar-refractivity contribution in [1.29, 1.82) is 0 Å². The van der Waals surface area contributed by atoms with E-state index in [1.807, 2.05) is 30.3 Å². The summed E-state index contributed by atoms with van der Waals surface area (Å²) in [5, 5.41) is 9.32. The summed E-state index contributed by atoms with van der Waals surface area (Å²) in [6, 6.07) is 16.4. The topological polar surface area (TPSA) is 125 Å². The maximum Gasteiger partial charge on any atom is 0.240 e. The van der Waals surface area contributed by atoms with Gasteiger partial charge in [-0.1, -0.05) is 48.2 Å². The van der Waals surface area contributed by atoms with Crippen LogP contribution in [0.25, 0.3) is 0 Å². The van der Waals surface area contributed by atoms with Crippen molar-refractivity contribution >= 4 is 33.4 Å². The fraction of sp³-hybridized carbons (Fsp3) is 0.296. The van der Waals surface area contributed by atoms with E-state index in [4.69, 9.17) is 0 Å². The largest absolute Gasteiger partial charge is 0.369 e. The predicted octanol–water partition coefficient (Wildman–Crippen LogP) is 2.90. The van der Waals surface area contributed by atoms with Gasteiger partial charge in [0.1, 0.15) is 5.82 Å². The van der Waals surface area contributed by atoms with E-state index < -0.39 is 15.4 Å². The Morgan fingerprint density at radius 1 is 1.08 bits per heavy atom. The van der Waals surface area contributed by atoms with Crippen molar-refractivity contribution in [3.05, 3.63) is 71.9 Å². The van der Waals surface area contributed by atoms with Crippen molar-refractivity contribution in [3.63, 3.8) is 0 Å². The number of hydrogen-bond donors (Lipinski definition) is 4. The van der Waals surface area contributed by atoms with Crippen molar-refractivity contribution in [1.82, 2.24) is 20.0 Å². The molecule has 37 heavy (non-hydrogen) atoms. The second-order valence-electron chi connectivity index (χ2n) is 9.04. The quantitative estimate of drug-likeness (QED) is 0.310. The van der Waals surface area contributed by atoms with Gasteiger partial charge in [0.25, 0.3) is 0 Å². The zero-order valence-corrected chi connectivity index (χ0v) is 21.1. The molecule has 0 saturated heterocycles. The van der Waals surface area contributed by atoms with Gasteiger partial charge in [-0.3, -0.25) is 4.79 Å². The van der Waals surface area contributed by atoms with Crippen LogP contribution in [0, 0.1) is 11.8 Å². The average molecular weight is 517 g/mol. The maximum atomic E-state index is 12.8. The number of rotatable bonds is 4. The van der Waals surface area contributed by atoms with E-state index in [1.165, 1.54) is 0 Å². The lowest BCUT2D eigenvalue weighted by molar-refractivity contribution is -0.123. The first-order valence-electron chi connectivity index (χ1n) is 12.3. The Balaban J connectivity index is 1.25. The third-order valence-corrected chi connectivity index (χ3v) is 7.86. The highest BCUT2D eigenvalue weighted by atomic mass is 32.2. The Labute approximate surface area is 216 Å². The number of nitrogens with zero attached hydrogens (tertiary/aromatic N) is 2. The first-order valence-corrected chi connectivity index (χ1v) is 13.7. The highest BCUT2D eigenvalue weighted by Gasteiger charge is 2.50. The minimum atomic E-state index is -3.60. The molecule has 9 nitrogen and oxygen atoms in total. The van der Waals surface area contributed by atoms with Crippen LogP contribution in [0.3, 0.4) is 0 Å². The van der Waals surface area contributed by atoms with Crippen molar-refractivity contribution in [3.8, 4) is 11.8 Å². The molecule has 2 aliphatic rings. The zero-order chi connectivity index (χ0) is 25.7. The molecule has 5 rings (SSSR count). The molecule has 0 spiro atoms. The number of hydrogen-bond acceptors (Lipinski definition) is 7. The molecule has 4 bridgehead atoms. The number of fused-ring (bicyclic) bond motifs is 4. The smallest absolute Gasteiger partial charge is 0.240 e. The molecule has 2 heterocycles. The normalized spacial score (nSPS) is 17.2. The van der Waals surface area contributed by atoms with E-state index in [1.54, 1.807) is 30.5 Å². The number of benzene rings is 2. The lowest BCUT2D eigenvalue weighted by Crippen LogP contribution is -2.35. The number of carbonyl (C=O) groups excluding carboxylic acids is 1. The summed E-state index contributed by atoms with van der Waals surface area (Å²) in [7, 11) is -3.60. The van der Waals surface area contributed by atoms with E-state index in [-0.39, 0.29) is 17.3 Å². The lowest BCUT2D eigenvalue weighted by Gasteiger charge is -2.15. The molecule has 2 aromatic carbocycles. The first-order chi connectivity index (χ1) is 18.0. The van der Waals surface area contributed by atoms with Gasteiger partial charge in [0.15, 0.2) is 0 Å². The minimum Gasteiger partial charge on any atom is -0.369 e. The van der Waals surface area contributed by atoms with Crippen LogP contribution in [0.5, 0.6) is 0 Å². The fourth-order valence-corrected chi connectivity index (χ4v) is 5.34. The summed E-state index contributed by atoms with van der Waals surface area (Å²) < 4.78 is 27.7. The van der Waals surface area contributed by atoms with Gasteiger partial charge in [0, 0.05) is 31.7 Å². The van der Waals surface area contributed by atoms with Gasteiger partial charge in [-0.15, -0.1) is 0 Å². The van der Waals surface area contributed by atoms with Gasteiger partial charge in [0.05, 0.1) is 22.1 Å². The third-order valence-electron chi connectivity index (χ3n) is 6.40. The highest BCUT2D eigenvalue weighted by Crippen LogP contribution is 2.48. The van der Waals surface area contributed by atoms with Crippen LogP contribution in [0.4, 0.5) is 17.5 Å². The molecule has 0 radical (unpaired) electrons. The monoisotopic (exact) mass is 516 g/mol. The minimum absolute atomic E-state index is 0.0543. The van der Waals surface area contributed by atoms with Crippen molar-refractivity contribution in [2.45, 2.75) is 36.0 Å². The van der Waals surface area contributed by atoms with Gasteiger partial charge in [-0.25, -0.2) is 18.1 Å². The number of carbonyl (C=O) groups is 1. The summed E-state index contributed by atoms with van der Waals surface area (Å²) in [4.78, 5) is 21.9. The van der Waals surface area contributed by atoms with E-state index in [2.05, 4.69) is 42.5 Å². The second kappa shape index (κ2) is 10.6. The molecule has 10 heteroatoms. The van der Waals surface area contributed by atoms with Crippen LogP contribution in [-0.2, 0) is 20.2 Å². The summed E-state index contributed by atoms with van der Waals surface area (Å²) in [5.41, 5.74) is 1.86. The number of sulfonamides is 1. The Hall–Kier alpha value is -3.94. The SMILES string of the molecule is O=C(NCCC#Cc1cnc2nc1NCCCNS(=O)(=O)c1cccc(c1)N2)C1(c2ccccc2)CC1. The molecule has 1 aromatic heterocycles. The van der Waals surface area contributed by atoms with E-state index in [0.717, 1.165) is 18.4 Å². The molecule has 1 amide bonds. The number of aromatic nitrogens is 2. The van der Waals surface area contributed by atoms with Crippen LogP contribution in [0.1, 0.15) is 36.8 Å². The molecule has 0 atom stereocenters. The second-order valence-corrected chi connectivity index (χ2v) is 10.8. The highest BCUT2D eigenvalue weighted by molar-refractivity contribution is 7.89. The van der Waals surface area contributed by atoms with E-state index in [0.29, 0.717) is 48.9 Å². The van der Waals surface area contributed by atoms with Gasteiger partial charge >= 0.3 is 0 Å². The number of nitrogens with one attached hydrogen (secondary N) is 4. The van der Waals surface area contributed by atoms with Gasteiger partial charge < -0.3 is 16.0 Å². The summed E-state index contributed by atoms with van der Waals surface area (Å²) in [6.45, 7) is 1.25. The fourth-order valence-electron chi connectivity index (χ4n) is 4.22. The molecular weight excluding hydrogens is 488 g/mol. The molecule has 1 aliphatic heterocycles.